The van der Waals surface area contributed by atoms with E-state index in [0.717, 1.165) is 0 Å². The molecule has 1 aliphatic heterocycles. The van der Waals surface area contributed by atoms with Crippen LogP contribution in [-0.4, -0.2) is 56.9 Å². The molecule has 1 aromatic rings. The van der Waals surface area contributed by atoms with Crippen LogP contribution in [0.25, 0.3) is 0 Å². The molecule has 9 nitrogen and oxygen atoms in total. The summed E-state index contributed by atoms with van der Waals surface area (Å²) < 4.78 is 31.5. The van der Waals surface area contributed by atoms with Gasteiger partial charge in [0.25, 0.3) is 5.91 Å². The van der Waals surface area contributed by atoms with Crippen molar-refractivity contribution >= 4 is 39.5 Å². The second-order valence-electron chi connectivity index (χ2n) is 6.15. The van der Waals surface area contributed by atoms with Crippen LogP contribution in [0.2, 0.25) is 5.02 Å². The standard InChI is InChI=1S/C17H22ClN3O6S/c1-2-19-17(24)20-15(22)11-27-16(23)12-7-9-21(10-8-12)28(25,26)14-5-3-13(18)4-6-14/h3-6,12H,2,7-11H2,1H3,(H2,19,20,22,24). The number of amides is 3. The Balaban J connectivity index is 1.82. The van der Waals surface area contributed by atoms with Crippen LogP contribution in [0, 0.1) is 5.92 Å². The van der Waals surface area contributed by atoms with Gasteiger partial charge in [-0.3, -0.25) is 14.9 Å². The maximum atomic E-state index is 12.6. The molecule has 11 heteroatoms. The highest BCUT2D eigenvalue weighted by molar-refractivity contribution is 7.89. The van der Waals surface area contributed by atoms with Gasteiger partial charge < -0.3 is 10.1 Å². The monoisotopic (exact) mass is 431 g/mol. The Labute approximate surface area is 168 Å². The molecule has 0 unspecified atom stereocenters. The summed E-state index contributed by atoms with van der Waals surface area (Å²) in [6.07, 6.45) is 0.563. The maximum Gasteiger partial charge on any atom is 0.321 e. The summed E-state index contributed by atoms with van der Waals surface area (Å²) >= 11 is 5.79. The van der Waals surface area contributed by atoms with E-state index in [1.807, 2.05) is 5.32 Å². The van der Waals surface area contributed by atoms with E-state index in [4.69, 9.17) is 16.3 Å². The Bertz CT molecular complexity index is 820. The molecule has 1 aliphatic rings. The van der Waals surface area contributed by atoms with Crippen molar-refractivity contribution in [3.8, 4) is 0 Å². The van der Waals surface area contributed by atoms with Crippen molar-refractivity contribution in [3.05, 3.63) is 29.3 Å². The van der Waals surface area contributed by atoms with Crippen molar-refractivity contribution in [2.45, 2.75) is 24.7 Å². The SMILES string of the molecule is CCNC(=O)NC(=O)COC(=O)C1CCN(S(=O)(=O)c2ccc(Cl)cc2)CC1. The minimum absolute atomic E-state index is 0.139. The number of imide groups is 1. The molecule has 0 aliphatic carbocycles. The van der Waals surface area contributed by atoms with Crippen molar-refractivity contribution in [2.24, 2.45) is 5.92 Å². The van der Waals surface area contributed by atoms with Gasteiger partial charge in [-0.15, -0.1) is 0 Å². The van der Waals surface area contributed by atoms with E-state index in [0.29, 0.717) is 11.6 Å². The van der Waals surface area contributed by atoms with Crippen LogP contribution in [-0.2, 0) is 24.3 Å². The van der Waals surface area contributed by atoms with E-state index >= 15 is 0 Å². The molecule has 0 spiro atoms. The average Bonchev–Trinajstić information content (AvgIpc) is 2.66. The maximum absolute atomic E-state index is 12.6. The molecule has 1 aromatic carbocycles. The number of esters is 1. The van der Waals surface area contributed by atoms with E-state index in [2.05, 4.69) is 5.32 Å². The molecule has 0 radical (unpaired) electrons. The fourth-order valence-electron chi connectivity index (χ4n) is 2.71. The van der Waals surface area contributed by atoms with Crippen LogP contribution in [0.4, 0.5) is 4.79 Å². The first-order chi connectivity index (χ1) is 13.2. The number of ether oxygens (including phenoxy) is 1. The molecule has 0 atom stereocenters. The van der Waals surface area contributed by atoms with Crippen LogP contribution >= 0.6 is 11.6 Å². The smallest absolute Gasteiger partial charge is 0.321 e. The molecule has 0 bridgehead atoms. The van der Waals surface area contributed by atoms with E-state index in [1.165, 1.54) is 28.6 Å². The van der Waals surface area contributed by atoms with Crippen LogP contribution in [0.15, 0.2) is 29.2 Å². The number of hydrogen-bond acceptors (Lipinski definition) is 6. The molecule has 0 saturated carbocycles. The number of sulfonamides is 1. The van der Waals surface area contributed by atoms with Gasteiger partial charge in [0, 0.05) is 24.7 Å². The van der Waals surface area contributed by atoms with Gasteiger partial charge in [-0.1, -0.05) is 11.6 Å². The van der Waals surface area contributed by atoms with Gasteiger partial charge >= 0.3 is 12.0 Å². The van der Waals surface area contributed by atoms with Gasteiger partial charge in [0.2, 0.25) is 10.0 Å². The zero-order chi connectivity index (χ0) is 20.7. The minimum atomic E-state index is -3.66. The Morgan fingerprint density at radius 2 is 1.79 bits per heavy atom. The summed E-state index contributed by atoms with van der Waals surface area (Å²) in [7, 11) is -3.66. The molecule has 28 heavy (non-hydrogen) atoms. The molecule has 154 valence electrons. The van der Waals surface area contributed by atoms with Gasteiger partial charge in [-0.25, -0.2) is 13.2 Å². The first-order valence-electron chi connectivity index (χ1n) is 8.74. The van der Waals surface area contributed by atoms with E-state index in [-0.39, 0.29) is 30.8 Å². The third kappa shape index (κ3) is 5.91. The molecule has 0 aromatic heterocycles. The second-order valence-corrected chi connectivity index (χ2v) is 8.52. The Kier molecular flexibility index (Phi) is 7.78. The minimum Gasteiger partial charge on any atom is -0.455 e. The Morgan fingerprint density at radius 3 is 2.36 bits per heavy atom. The van der Waals surface area contributed by atoms with Gasteiger partial charge in [-0.2, -0.15) is 4.31 Å². The first-order valence-corrected chi connectivity index (χ1v) is 10.6. The molecular formula is C17H22ClN3O6S. The van der Waals surface area contributed by atoms with Crippen molar-refractivity contribution in [1.82, 2.24) is 14.9 Å². The number of rotatable bonds is 6. The Hall–Kier alpha value is -2.17. The molecule has 1 fully saturated rings. The van der Waals surface area contributed by atoms with Crippen LogP contribution in [0.1, 0.15) is 19.8 Å². The lowest BCUT2D eigenvalue weighted by Crippen LogP contribution is -2.43. The topological polar surface area (TPSA) is 122 Å². The van der Waals surface area contributed by atoms with Gasteiger partial charge in [0.05, 0.1) is 10.8 Å². The van der Waals surface area contributed by atoms with E-state index in [9.17, 15) is 22.8 Å². The number of urea groups is 1. The summed E-state index contributed by atoms with van der Waals surface area (Å²) in [5.41, 5.74) is 0. The predicted molar refractivity (Wildman–Crippen MR) is 101 cm³/mol. The molecule has 2 rings (SSSR count). The largest absolute Gasteiger partial charge is 0.455 e. The molecule has 1 heterocycles. The first kappa shape index (κ1) is 22.1. The van der Waals surface area contributed by atoms with E-state index < -0.39 is 40.5 Å². The molecule has 1 saturated heterocycles. The van der Waals surface area contributed by atoms with Crippen LogP contribution in [0.3, 0.4) is 0 Å². The second kappa shape index (κ2) is 9.85. The fraction of sp³-hybridized carbons (Fsp3) is 0.471. The zero-order valence-corrected chi connectivity index (χ0v) is 16.9. The molecule has 3 amide bonds. The lowest BCUT2D eigenvalue weighted by molar-refractivity contribution is -0.153. The quantitative estimate of drug-likeness (QED) is 0.651. The van der Waals surface area contributed by atoms with Crippen LogP contribution < -0.4 is 10.6 Å². The van der Waals surface area contributed by atoms with Gasteiger partial charge in [-0.05, 0) is 44.0 Å². The number of hydrogen-bond donors (Lipinski definition) is 2. The number of carbonyl (C=O) groups excluding carboxylic acids is 3. The summed E-state index contributed by atoms with van der Waals surface area (Å²) in [5, 5.41) is 4.85. The summed E-state index contributed by atoms with van der Waals surface area (Å²) in [4.78, 5) is 35.0. The van der Waals surface area contributed by atoms with Gasteiger partial charge in [0.15, 0.2) is 6.61 Å². The number of piperidine rings is 1. The van der Waals surface area contributed by atoms with Crippen molar-refractivity contribution in [3.63, 3.8) is 0 Å². The predicted octanol–water partition coefficient (Wildman–Crippen LogP) is 1.13. The van der Waals surface area contributed by atoms with Crippen LogP contribution in [0.5, 0.6) is 0 Å². The normalized spacial score (nSPS) is 15.6. The number of carbonyl (C=O) groups is 3. The highest BCUT2D eigenvalue weighted by Gasteiger charge is 2.33. The fourth-order valence-corrected chi connectivity index (χ4v) is 4.31. The highest BCUT2D eigenvalue weighted by Crippen LogP contribution is 2.25. The number of halogens is 1. The number of benzene rings is 1. The highest BCUT2D eigenvalue weighted by atomic mass is 35.5. The summed E-state index contributed by atoms with van der Waals surface area (Å²) in [5.74, 6) is -1.83. The summed E-state index contributed by atoms with van der Waals surface area (Å²) in [6.45, 7) is 1.81. The third-order valence-corrected chi connectivity index (χ3v) is 6.34. The number of nitrogens with zero attached hydrogens (tertiary/aromatic N) is 1. The molecular weight excluding hydrogens is 410 g/mol. The lowest BCUT2D eigenvalue weighted by Gasteiger charge is -2.30. The van der Waals surface area contributed by atoms with Crippen molar-refractivity contribution < 1.29 is 27.5 Å². The third-order valence-electron chi connectivity index (χ3n) is 4.17. The van der Waals surface area contributed by atoms with Crippen molar-refractivity contribution in [2.75, 3.05) is 26.2 Å². The Morgan fingerprint density at radius 1 is 1.18 bits per heavy atom. The van der Waals surface area contributed by atoms with E-state index in [1.54, 1.807) is 6.92 Å². The van der Waals surface area contributed by atoms with Crippen molar-refractivity contribution in [1.29, 1.82) is 0 Å². The number of nitrogens with one attached hydrogen (secondary N) is 2. The van der Waals surface area contributed by atoms with Gasteiger partial charge in [0.1, 0.15) is 0 Å². The summed E-state index contributed by atoms with van der Waals surface area (Å²) in [6, 6.07) is 5.22. The lowest BCUT2D eigenvalue weighted by atomic mass is 9.98. The average molecular weight is 432 g/mol. The molecule has 2 N–H and O–H groups in total. The zero-order valence-electron chi connectivity index (χ0n) is 15.3.